The Balaban J connectivity index is 0.000000182. The number of rotatable bonds is 2. The summed E-state index contributed by atoms with van der Waals surface area (Å²) in [5.41, 5.74) is 6.44. The summed E-state index contributed by atoms with van der Waals surface area (Å²) in [5.74, 6) is -0.470. The molecule has 0 radical (unpaired) electrons. The van der Waals surface area contributed by atoms with Gasteiger partial charge in [-0.1, -0.05) is 36.8 Å². The van der Waals surface area contributed by atoms with Crippen molar-refractivity contribution < 1.29 is 18.7 Å². The number of urea groups is 1. The van der Waals surface area contributed by atoms with Gasteiger partial charge >= 0.3 is 12.0 Å². The number of amidine groups is 1. The first kappa shape index (κ1) is 17.9. The Hall–Kier alpha value is -2.44. The van der Waals surface area contributed by atoms with E-state index in [1.54, 1.807) is 0 Å². The number of esters is 1. The van der Waals surface area contributed by atoms with E-state index in [4.69, 9.17) is 11.1 Å². The zero-order valence-corrected chi connectivity index (χ0v) is 13.6. The predicted molar refractivity (Wildman–Crippen MR) is 87.5 cm³/mol. The number of nitrogens with one attached hydrogen (secondary N) is 1. The fraction of sp³-hybridized carbons (Fsp3) is 0.471. The van der Waals surface area contributed by atoms with Crippen LogP contribution in [0.4, 0.5) is 9.18 Å². The number of likely N-dealkylation sites (tertiary alicyclic amines) is 1. The molecule has 1 unspecified atom stereocenters. The van der Waals surface area contributed by atoms with Crippen LogP contribution in [-0.2, 0) is 9.53 Å². The van der Waals surface area contributed by atoms with Crippen molar-refractivity contribution in [2.75, 3.05) is 7.11 Å². The number of nitrogens with two attached hydrogens (primary N) is 1. The molecule has 2 atom stereocenters. The topological polar surface area (TPSA) is 96.5 Å². The van der Waals surface area contributed by atoms with Crippen LogP contribution >= 0.6 is 0 Å². The van der Waals surface area contributed by atoms with Crippen LogP contribution in [0.5, 0.6) is 0 Å². The highest BCUT2D eigenvalue weighted by molar-refractivity contribution is 6.04. The third kappa shape index (κ3) is 3.90. The Morgan fingerprint density at radius 3 is 2.38 bits per heavy atom. The number of alkyl halides is 1. The first-order chi connectivity index (χ1) is 11.5. The average molecular weight is 335 g/mol. The second-order valence-electron chi connectivity index (χ2n) is 5.87. The van der Waals surface area contributed by atoms with E-state index in [1.807, 2.05) is 0 Å². The zero-order chi connectivity index (χ0) is 17.7. The average Bonchev–Trinajstić information content (AvgIpc) is 2.82. The Labute approximate surface area is 140 Å². The van der Waals surface area contributed by atoms with Gasteiger partial charge in [-0.15, -0.1) is 0 Å². The standard InChI is InChI=1S/C10H12.C7H10FN3O3/c1-2-5-9(6-3-1)10-7-4-8-10;1-14-6(12)4-2-3(8)5(9)11(4)7(10)13/h1-3,5-6,10H,4,7-8H2;3-4,9H,2H2,1H3,(H2,10,13)/t;3-,4?/m.0/s1. The van der Waals surface area contributed by atoms with Gasteiger partial charge in [0.15, 0.2) is 6.17 Å². The predicted octanol–water partition coefficient (Wildman–Crippen LogP) is 2.58. The molecule has 0 spiro atoms. The molecule has 3 N–H and O–H groups in total. The second-order valence-corrected chi connectivity index (χ2v) is 5.87. The van der Waals surface area contributed by atoms with Gasteiger partial charge in [0.1, 0.15) is 11.9 Å². The lowest BCUT2D eigenvalue weighted by Crippen LogP contribution is -2.46. The van der Waals surface area contributed by atoms with E-state index in [-0.39, 0.29) is 6.42 Å². The van der Waals surface area contributed by atoms with Crippen LogP contribution in [0.25, 0.3) is 0 Å². The minimum absolute atomic E-state index is 0.269. The summed E-state index contributed by atoms with van der Waals surface area (Å²) in [6.07, 6.45) is 2.33. The maximum atomic E-state index is 13.0. The summed E-state index contributed by atoms with van der Waals surface area (Å²) in [7, 11) is 1.12. The molecular formula is C17H22FN3O3. The molecule has 2 aliphatic rings. The molecule has 1 heterocycles. The number of halogens is 1. The molecule has 2 amide bonds. The van der Waals surface area contributed by atoms with Crippen molar-refractivity contribution in [1.29, 1.82) is 5.41 Å². The molecule has 1 aliphatic heterocycles. The molecule has 2 fully saturated rings. The van der Waals surface area contributed by atoms with Gasteiger partial charge in [-0.2, -0.15) is 0 Å². The van der Waals surface area contributed by atoms with Crippen molar-refractivity contribution in [1.82, 2.24) is 4.90 Å². The molecule has 1 aromatic carbocycles. The van der Waals surface area contributed by atoms with Crippen LogP contribution in [0.15, 0.2) is 30.3 Å². The Morgan fingerprint density at radius 2 is 1.92 bits per heavy atom. The third-order valence-corrected chi connectivity index (χ3v) is 4.38. The largest absolute Gasteiger partial charge is 0.467 e. The van der Waals surface area contributed by atoms with E-state index < -0.39 is 30.0 Å². The molecule has 3 rings (SSSR count). The highest BCUT2D eigenvalue weighted by Crippen LogP contribution is 2.35. The fourth-order valence-electron chi connectivity index (χ4n) is 2.81. The molecular weight excluding hydrogens is 313 g/mol. The third-order valence-electron chi connectivity index (χ3n) is 4.38. The molecule has 6 nitrogen and oxygen atoms in total. The Bertz CT molecular complexity index is 604. The van der Waals surface area contributed by atoms with Gasteiger partial charge < -0.3 is 10.5 Å². The van der Waals surface area contributed by atoms with E-state index in [9.17, 15) is 14.0 Å². The number of ether oxygens (including phenoxy) is 1. The van der Waals surface area contributed by atoms with Gasteiger partial charge in [-0.25, -0.2) is 14.0 Å². The molecule has 130 valence electrons. The van der Waals surface area contributed by atoms with Gasteiger partial charge in [0.25, 0.3) is 0 Å². The number of benzene rings is 1. The van der Waals surface area contributed by atoms with E-state index in [0.29, 0.717) is 4.90 Å². The fourth-order valence-corrected chi connectivity index (χ4v) is 2.81. The van der Waals surface area contributed by atoms with E-state index >= 15 is 0 Å². The molecule has 0 bridgehead atoms. The molecule has 1 saturated heterocycles. The Kier molecular flexibility index (Phi) is 5.89. The molecule has 0 aromatic heterocycles. The minimum atomic E-state index is -1.65. The molecule has 1 saturated carbocycles. The second kappa shape index (κ2) is 7.90. The lowest BCUT2D eigenvalue weighted by molar-refractivity contribution is -0.144. The highest BCUT2D eigenvalue weighted by Gasteiger charge is 2.44. The van der Waals surface area contributed by atoms with Crippen molar-refractivity contribution in [3.63, 3.8) is 0 Å². The summed E-state index contributed by atoms with van der Waals surface area (Å²) in [4.78, 5) is 22.5. The lowest BCUT2D eigenvalue weighted by Gasteiger charge is -2.25. The first-order valence-electron chi connectivity index (χ1n) is 7.89. The first-order valence-corrected chi connectivity index (χ1v) is 7.89. The van der Waals surface area contributed by atoms with Crippen molar-refractivity contribution >= 4 is 17.8 Å². The van der Waals surface area contributed by atoms with Gasteiger partial charge in [-0.05, 0) is 24.3 Å². The summed E-state index contributed by atoms with van der Waals surface area (Å²) < 4.78 is 17.4. The zero-order valence-electron chi connectivity index (χ0n) is 13.6. The lowest BCUT2D eigenvalue weighted by atomic mass is 9.80. The number of primary amides is 1. The van der Waals surface area contributed by atoms with Crippen molar-refractivity contribution in [2.45, 2.75) is 43.8 Å². The number of methoxy groups -OCH3 is 1. The van der Waals surface area contributed by atoms with Gasteiger partial charge in [0, 0.05) is 6.42 Å². The van der Waals surface area contributed by atoms with E-state index in [2.05, 4.69) is 35.1 Å². The highest BCUT2D eigenvalue weighted by atomic mass is 19.1. The monoisotopic (exact) mass is 335 g/mol. The maximum Gasteiger partial charge on any atom is 0.329 e. The Morgan fingerprint density at radius 1 is 1.29 bits per heavy atom. The molecule has 24 heavy (non-hydrogen) atoms. The van der Waals surface area contributed by atoms with E-state index in [0.717, 1.165) is 13.0 Å². The summed E-state index contributed by atoms with van der Waals surface area (Å²) >= 11 is 0. The minimum Gasteiger partial charge on any atom is -0.467 e. The van der Waals surface area contributed by atoms with Gasteiger partial charge in [-0.3, -0.25) is 10.3 Å². The smallest absolute Gasteiger partial charge is 0.329 e. The number of hydrogen-bond acceptors (Lipinski definition) is 4. The van der Waals surface area contributed by atoms with Crippen LogP contribution in [0.3, 0.4) is 0 Å². The van der Waals surface area contributed by atoms with Crippen LogP contribution < -0.4 is 5.73 Å². The van der Waals surface area contributed by atoms with E-state index in [1.165, 1.54) is 24.8 Å². The summed E-state index contributed by atoms with van der Waals surface area (Å²) in [6.45, 7) is 0. The normalized spacial score (nSPS) is 23.1. The van der Waals surface area contributed by atoms with Gasteiger partial charge in [0.05, 0.1) is 7.11 Å². The number of amides is 2. The van der Waals surface area contributed by atoms with Crippen molar-refractivity contribution in [3.05, 3.63) is 35.9 Å². The van der Waals surface area contributed by atoms with Crippen LogP contribution in [0.1, 0.15) is 37.2 Å². The van der Waals surface area contributed by atoms with Gasteiger partial charge in [0.2, 0.25) is 0 Å². The molecule has 1 aliphatic carbocycles. The number of carbonyl (C=O) groups excluding carboxylic acids is 2. The SMILES string of the molecule is COC(=O)C1C[C@H](F)C(=N)N1C(N)=O.c1ccc(C2CCC2)cc1. The number of nitrogens with zero attached hydrogens (tertiary/aromatic N) is 1. The summed E-state index contributed by atoms with van der Waals surface area (Å²) in [5, 5.41) is 7.18. The maximum absolute atomic E-state index is 13.0. The van der Waals surface area contributed by atoms with Crippen LogP contribution in [0.2, 0.25) is 0 Å². The van der Waals surface area contributed by atoms with Crippen LogP contribution in [-0.4, -0.2) is 42.1 Å². The quantitative estimate of drug-likeness (QED) is 0.813. The number of hydrogen-bond donors (Lipinski definition) is 2. The number of carbonyl (C=O) groups is 2. The molecule has 7 heteroatoms. The van der Waals surface area contributed by atoms with Crippen molar-refractivity contribution in [2.24, 2.45) is 5.73 Å². The molecule has 1 aromatic rings. The van der Waals surface area contributed by atoms with Crippen molar-refractivity contribution in [3.8, 4) is 0 Å². The van der Waals surface area contributed by atoms with Crippen LogP contribution in [0, 0.1) is 5.41 Å². The summed E-state index contributed by atoms with van der Waals surface area (Å²) in [6, 6.07) is 8.70.